The molecular weight excluding hydrogens is 168 g/mol. The number of rotatable bonds is 3. The highest BCUT2D eigenvalue weighted by Gasteiger charge is 2.00. The Morgan fingerprint density at radius 1 is 1.46 bits per heavy atom. The lowest BCUT2D eigenvalue weighted by molar-refractivity contribution is 0.580. The van der Waals surface area contributed by atoms with Crippen LogP contribution in [0.3, 0.4) is 0 Å². The lowest BCUT2D eigenvalue weighted by atomic mass is 10.3. The first-order valence-corrected chi connectivity index (χ1v) is 4.46. The van der Waals surface area contributed by atoms with Crippen molar-refractivity contribution in [1.29, 1.82) is 0 Å². The van der Waals surface area contributed by atoms with Gasteiger partial charge in [0.2, 0.25) is 0 Å². The fraction of sp³-hybridized carbons (Fsp3) is 0.556. The molecule has 4 nitrogen and oxygen atoms in total. The molecule has 0 aromatic carbocycles. The molecular formula is C9H14N2O2. The van der Waals surface area contributed by atoms with Crippen molar-refractivity contribution in [3.05, 3.63) is 32.6 Å². The molecule has 0 aliphatic heterocycles. The molecule has 1 N–H and O–H groups in total. The molecule has 13 heavy (non-hydrogen) atoms. The van der Waals surface area contributed by atoms with Crippen LogP contribution >= 0.6 is 0 Å². The van der Waals surface area contributed by atoms with E-state index < -0.39 is 0 Å². The quantitative estimate of drug-likeness (QED) is 0.746. The van der Waals surface area contributed by atoms with E-state index in [0.717, 1.165) is 12.8 Å². The summed E-state index contributed by atoms with van der Waals surface area (Å²) in [7, 11) is 0. The van der Waals surface area contributed by atoms with E-state index in [1.807, 2.05) is 6.92 Å². The van der Waals surface area contributed by atoms with Gasteiger partial charge in [0.25, 0.3) is 5.56 Å². The summed E-state index contributed by atoms with van der Waals surface area (Å²) in [5, 5.41) is 0. The van der Waals surface area contributed by atoms with Gasteiger partial charge >= 0.3 is 5.69 Å². The molecule has 0 bridgehead atoms. The highest BCUT2D eigenvalue weighted by Crippen LogP contribution is 1.88. The number of H-pyrrole nitrogens is 1. The highest BCUT2D eigenvalue weighted by molar-refractivity contribution is 4.96. The summed E-state index contributed by atoms with van der Waals surface area (Å²) < 4.78 is 1.23. The van der Waals surface area contributed by atoms with E-state index in [1.165, 1.54) is 10.6 Å². The van der Waals surface area contributed by atoms with Crippen molar-refractivity contribution in [1.82, 2.24) is 9.55 Å². The number of aryl methyl sites for hydroxylation is 1. The molecule has 0 atom stereocenters. The van der Waals surface area contributed by atoms with E-state index in [2.05, 4.69) is 4.98 Å². The summed E-state index contributed by atoms with van der Waals surface area (Å²) in [6, 6.07) is 1.44. The number of unbranched alkanes of at least 4 members (excludes halogenated alkanes) is 1. The molecule has 0 radical (unpaired) electrons. The SMILES string of the molecule is CCCCn1c(=O)cc(C)[nH]c1=O. The molecule has 0 saturated heterocycles. The molecule has 1 aromatic rings. The Morgan fingerprint density at radius 3 is 2.69 bits per heavy atom. The summed E-state index contributed by atoms with van der Waals surface area (Å²) in [5.74, 6) is 0. The Kier molecular flexibility index (Phi) is 3.06. The summed E-state index contributed by atoms with van der Waals surface area (Å²) in [5.41, 5.74) is 0.0934. The van der Waals surface area contributed by atoms with E-state index in [1.54, 1.807) is 6.92 Å². The summed E-state index contributed by atoms with van der Waals surface area (Å²) >= 11 is 0. The van der Waals surface area contributed by atoms with Gasteiger partial charge in [0.05, 0.1) is 0 Å². The lowest BCUT2D eigenvalue weighted by Crippen LogP contribution is -2.35. The summed E-state index contributed by atoms with van der Waals surface area (Å²) in [6.45, 7) is 4.23. The Balaban J connectivity index is 3.07. The minimum absolute atomic E-state index is 0.213. The third-order valence-corrected chi connectivity index (χ3v) is 1.89. The van der Waals surface area contributed by atoms with Crippen molar-refractivity contribution in [3.8, 4) is 0 Å². The van der Waals surface area contributed by atoms with Gasteiger partial charge in [0.1, 0.15) is 0 Å². The Labute approximate surface area is 76.2 Å². The molecule has 1 aromatic heterocycles. The number of nitrogens with zero attached hydrogens (tertiary/aromatic N) is 1. The van der Waals surface area contributed by atoms with Gasteiger partial charge in [-0.1, -0.05) is 13.3 Å². The molecule has 0 aliphatic carbocycles. The van der Waals surface area contributed by atoms with E-state index in [-0.39, 0.29) is 11.2 Å². The maximum atomic E-state index is 11.3. The first-order valence-electron chi connectivity index (χ1n) is 4.46. The maximum Gasteiger partial charge on any atom is 0.328 e. The Hall–Kier alpha value is -1.32. The van der Waals surface area contributed by atoms with E-state index in [4.69, 9.17) is 0 Å². The zero-order chi connectivity index (χ0) is 9.84. The van der Waals surface area contributed by atoms with Crippen LogP contribution in [0, 0.1) is 6.92 Å². The summed E-state index contributed by atoms with van der Waals surface area (Å²) in [4.78, 5) is 25.2. The minimum Gasteiger partial charge on any atom is -0.311 e. The van der Waals surface area contributed by atoms with E-state index >= 15 is 0 Å². The largest absolute Gasteiger partial charge is 0.328 e. The van der Waals surface area contributed by atoms with Crippen LogP contribution in [-0.2, 0) is 6.54 Å². The predicted molar refractivity (Wildman–Crippen MR) is 51.0 cm³/mol. The molecule has 1 heterocycles. The average Bonchev–Trinajstić information content (AvgIpc) is 2.02. The number of hydrogen-bond donors (Lipinski definition) is 1. The molecule has 4 heteroatoms. The van der Waals surface area contributed by atoms with Crippen LogP contribution in [0.4, 0.5) is 0 Å². The second-order valence-electron chi connectivity index (χ2n) is 3.10. The van der Waals surface area contributed by atoms with Crippen molar-refractivity contribution < 1.29 is 0 Å². The third kappa shape index (κ3) is 2.31. The van der Waals surface area contributed by atoms with Gasteiger partial charge in [0.15, 0.2) is 0 Å². The molecule has 1 rings (SSSR count). The maximum absolute atomic E-state index is 11.3. The van der Waals surface area contributed by atoms with Crippen molar-refractivity contribution in [2.45, 2.75) is 33.2 Å². The van der Waals surface area contributed by atoms with Crippen LogP contribution in [-0.4, -0.2) is 9.55 Å². The van der Waals surface area contributed by atoms with Crippen molar-refractivity contribution in [2.24, 2.45) is 0 Å². The fourth-order valence-electron chi connectivity index (χ4n) is 1.16. The van der Waals surface area contributed by atoms with Crippen LogP contribution < -0.4 is 11.2 Å². The standard InChI is InChI=1S/C9H14N2O2/c1-3-4-5-11-8(12)6-7(2)10-9(11)13/h6H,3-5H2,1-2H3,(H,10,13). The lowest BCUT2D eigenvalue weighted by Gasteiger charge is -2.02. The van der Waals surface area contributed by atoms with Gasteiger partial charge in [0, 0.05) is 18.3 Å². The predicted octanol–water partition coefficient (Wildman–Crippen LogP) is 0.645. The topological polar surface area (TPSA) is 54.9 Å². The Morgan fingerprint density at radius 2 is 2.15 bits per heavy atom. The number of hydrogen-bond acceptors (Lipinski definition) is 2. The van der Waals surface area contributed by atoms with Crippen molar-refractivity contribution in [3.63, 3.8) is 0 Å². The first-order chi connectivity index (χ1) is 6.15. The molecule has 0 saturated carbocycles. The van der Waals surface area contributed by atoms with Crippen LogP contribution in [0.2, 0.25) is 0 Å². The zero-order valence-electron chi connectivity index (χ0n) is 7.96. The zero-order valence-corrected chi connectivity index (χ0v) is 7.96. The van der Waals surface area contributed by atoms with Crippen LogP contribution in [0.1, 0.15) is 25.5 Å². The van der Waals surface area contributed by atoms with Gasteiger partial charge in [-0.2, -0.15) is 0 Å². The second-order valence-corrected chi connectivity index (χ2v) is 3.10. The molecule has 0 aliphatic rings. The summed E-state index contributed by atoms with van der Waals surface area (Å²) in [6.07, 6.45) is 1.83. The van der Waals surface area contributed by atoms with E-state index in [0.29, 0.717) is 12.2 Å². The van der Waals surface area contributed by atoms with Crippen LogP contribution in [0.5, 0.6) is 0 Å². The fourth-order valence-corrected chi connectivity index (χ4v) is 1.16. The van der Waals surface area contributed by atoms with Crippen molar-refractivity contribution >= 4 is 0 Å². The van der Waals surface area contributed by atoms with Gasteiger partial charge in [-0.3, -0.25) is 9.36 Å². The van der Waals surface area contributed by atoms with Gasteiger partial charge in [-0.05, 0) is 13.3 Å². The first kappa shape index (κ1) is 9.77. The van der Waals surface area contributed by atoms with Crippen LogP contribution in [0.25, 0.3) is 0 Å². The monoisotopic (exact) mass is 182 g/mol. The number of aromatic nitrogens is 2. The highest BCUT2D eigenvalue weighted by atomic mass is 16.2. The average molecular weight is 182 g/mol. The van der Waals surface area contributed by atoms with Gasteiger partial charge in [-0.25, -0.2) is 4.79 Å². The smallest absolute Gasteiger partial charge is 0.311 e. The minimum atomic E-state index is -0.307. The normalized spacial score (nSPS) is 10.3. The number of aromatic amines is 1. The molecule has 0 fully saturated rings. The second kappa shape index (κ2) is 4.07. The molecule has 72 valence electrons. The Bertz CT molecular complexity index is 358. The van der Waals surface area contributed by atoms with E-state index in [9.17, 15) is 9.59 Å². The molecule has 0 amide bonds. The van der Waals surface area contributed by atoms with Crippen molar-refractivity contribution in [2.75, 3.05) is 0 Å². The third-order valence-electron chi connectivity index (χ3n) is 1.89. The van der Waals surface area contributed by atoms with Crippen LogP contribution in [0.15, 0.2) is 15.7 Å². The molecule has 0 unspecified atom stereocenters. The molecule has 0 spiro atoms. The van der Waals surface area contributed by atoms with Gasteiger partial charge < -0.3 is 4.98 Å². The number of nitrogens with one attached hydrogen (secondary N) is 1. The van der Waals surface area contributed by atoms with Gasteiger partial charge in [-0.15, -0.1) is 0 Å².